The third-order valence-electron chi connectivity index (χ3n) is 8.03. The van der Waals surface area contributed by atoms with Crippen molar-refractivity contribution in [1.82, 2.24) is 10.3 Å². The van der Waals surface area contributed by atoms with Crippen molar-refractivity contribution < 1.29 is 31.9 Å². The monoisotopic (exact) mass is 609 g/mol. The average Bonchev–Trinajstić information content (AvgIpc) is 3.47. The molecule has 40 heavy (non-hydrogen) atoms. The largest absolute Gasteiger partial charge is 0.387 e. The fraction of sp³-hybridized carbons (Fsp3) is 0.370. The van der Waals surface area contributed by atoms with Crippen molar-refractivity contribution in [3.63, 3.8) is 0 Å². The number of carbonyl (C=O) groups excluding carboxylic acids is 2. The Kier molecular flexibility index (Phi) is 7.73. The summed E-state index contributed by atoms with van der Waals surface area (Å²) in [5.74, 6) is -4.06. The lowest BCUT2D eigenvalue weighted by Crippen LogP contribution is -2.55. The lowest BCUT2D eigenvalue weighted by molar-refractivity contribution is -0.0598. The van der Waals surface area contributed by atoms with Crippen LogP contribution in [0.1, 0.15) is 46.3 Å². The number of carbonyl (C=O) groups is 2. The molecule has 2 aliphatic carbocycles. The quantitative estimate of drug-likeness (QED) is 0.357. The molecule has 0 radical (unpaired) electrons. The van der Waals surface area contributed by atoms with Crippen LogP contribution >= 0.6 is 22.9 Å². The maximum absolute atomic E-state index is 13.8. The molecule has 212 valence electrons. The zero-order valence-corrected chi connectivity index (χ0v) is 23.6. The predicted octanol–water partition coefficient (Wildman–Crippen LogP) is 4.70. The molecule has 5 atom stereocenters. The molecular weight excluding hydrogens is 584 g/mol. The van der Waals surface area contributed by atoms with E-state index in [2.05, 4.69) is 15.6 Å². The highest BCUT2D eigenvalue weighted by Crippen LogP contribution is 2.54. The molecule has 3 unspecified atom stereocenters. The van der Waals surface area contributed by atoms with Crippen LogP contribution in [0.3, 0.4) is 0 Å². The number of sulfone groups is 1. The summed E-state index contributed by atoms with van der Waals surface area (Å²) >= 11 is 7.49. The smallest absolute Gasteiger partial charge is 0.280 e. The minimum atomic E-state index is -4.03. The van der Waals surface area contributed by atoms with Crippen molar-refractivity contribution in [3.05, 3.63) is 75.2 Å². The molecule has 1 heterocycles. The van der Waals surface area contributed by atoms with E-state index < -0.39 is 44.1 Å². The summed E-state index contributed by atoms with van der Waals surface area (Å²) in [6, 6.07) is 6.69. The average molecular weight is 610 g/mol. The number of rotatable bonds is 7. The summed E-state index contributed by atoms with van der Waals surface area (Å²) in [5, 5.41) is 17.9. The Bertz CT molecular complexity index is 1570. The molecule has 0 saturated heterocycles. The zero-order valence-electron chi connectivity index (χ0n) is 21.2. The highest BCUT2D eigenvalue weighted by atomic mass is 35.5. The number of hydrogen-bond acceptors (Lipinski definition) is 7. The Morgan fingerprint density at radius 2 is 1.90 bits per heavy atom. The Morgan fingerprint density at radius 1 is 1.12 bits per heavy atom. The standard InChI is InChI=1S/C27H26ClF2N3O5S2/c1-14-8-16-10-18(12-19(14)27(16,36)13-32-25(35)26-31-6-7-39-26)40(37,38)23-9-15(2-4-20(23)28)24(34)33-17-3-5-21(29)22(30)11-17/h2-7,9,11,14,16,18-19,36H,8,10,12-13H2,1H3,(H,32,35)(H,33,34)/t14-,16?,18?,19?,27+/m0/s1. The van der Waals surface area contributed by atoms with E-state index in [1.54, 1.807) is 5.38 Å². The lowest BCUT2D eigenvalue weighted by Gasteiger charge is -2.43. The Labute approximate surface area is 238 Å². The first-order valence-corrected chi connectivity index (χ1v) is 15.4. The summed E-state index contributed by atoms with van der Waals surface area (Å²) in [5.41, 5.74) is -1.29. The second-order valence-corrected chi connectivity index (χ2v) is 13.9. The maximum atomic E-state index is 13.8. The van der Waals surface area contributed by atoms with E-state index in [0.717, 1.165) is 12.1 Å². The molecule has 2 aliphatic rings. The molecule has 8 nitrogen and oxygen atoms in total. The van der Waals surface area contributed by atoms with E-state index in [0.29, 0.717) is 6.42 Å². The van der Waals surface area contributed by atoms with Crippen molar-refractivity contribution in [1.29, 1.82) is 0 Å². The van der Waals surface area contributed by atoms with Crippen molar-refractivity contribution in [2.45, 2.75) is 41.9 Å². The Balaban J connectivity index is 1.34. The molecule has 2 saturated carbocycles. The number of benzene rings is 2. The number of nitrogens with zero attached hydrogens (tertiary/aromatic N) is 1. The Morgan fingerprint density at radius 3 is 2.58 bits per heavy atom. The number of hydrogen-bond donors (Lipinski definition) is 3. The minimum absolute atomic E-state index is 0.00216. The number of amides is 2. The first-order chi connectivity index (χ1) is 18.9. The number of halogens is 3. The summed E-state index contributed by atoms with van der Waals surface area (Å²) < 4.78 is 54.4. The van der Waals surface area contributed by atoms with Crippen LogP contribution in [0.5, 0.6) is 0 Å². The van der Waals surface area contributed by atoms with Gasteiger partial charge in [-0.2, -0.15) is 0 Å². The van der Waals surface area contributed by atoms with Gasteiger partial charge in [-0.25, -0.2) is 22.2 Å². The molecule has 5 rings (SSSR count). The van der Waals surface area contributed by atoms with E-state index in [1.807, 2.05) is 6.92 Å². The molecule has 2 bridgehead atoms. The fourth-order valence-corrected chi connectivity index (χ4v) is 8.96. The molecule has 3 aromatic rings. The van der Waals surface area contributed by atoms with Crippen LogP contribution < -0.4 is 10.6 Å². The normalized spacial score (nSPS) is 25.9. The number of aliphatic hydroxyl groups is 1. The molecule has 0 aliphatic heterocycles. The van der Waals surface area contributed by atoms with E-state index in [9.17, 15) is 31.9 Å². The third-order valence-corrected chi connectivity index (χ3v) is 11.5. The third kappa shape index (κ3) is 5.25. The van der Waals surface area contributed by atoms with Crippen LogP contribution in [0.25, 0.3) is 0 Å². The van der Waals surface area contributed by atoms with E-state index in [-0.39, 0.29) is 63.3 Å². The van der Waals surface area contributed by atoms with Gasteiger partial charge in [-0.3, -0.25) is 9.59 Å². The molecule has 3 N–H and O–H groups in total. The van der Waals surface area contributed by atoms with Gasteiger partial charge in [0.2, 0.25) is 0 Å². The van der Waals surface area contributed by atoms with Crippen LogP contribution in [0.4, 0.5) is 14.5 Å². The van der Waals surface area contributed by atoms with Gasteiger partial charge in [-0.05, 0) is 67.3 Å². The molecule has 2 amide bonds. The summed E-state index contributed by atoms with van der Waals surface area (Å²) in [4.78, 5) is 29.0. The van der Waals surface area contributed by atoms with E-state index >= 15 is 0 Å². The summed E-state index contributed by atoms with van der Waals surface area (Å²) in [6.45, 7) is 1.95. The van der Waals surface area contributed by atoms with Crippen molar-refractivity contribution >= 4 is 50.3 Å². The molecule has 1 aromatic heterocycles. The highest BCUT2D eigenvalue weighted by Gasteiger charge is 2.58. The van der Waals surface area contributed by atoms with Crippen molar-refractivity contribution in [2.24, 2.45) is 17.8 Å². The molecular formula is C27H26ClF2N3O5S2. The van der Waals surface area contributed by atoms with E-state index in [4.69, 9.17) is 11.6 Å². The first kappa shape index (κ1) is 28.6. The summed E-state index contributed by atoms with van der Waals surface area (Å²) in [7, 11) is -4.03. The van der Waals surface area contributed by atoms with Crippen LogP contribution in [0, 0.1) is 29.4 Å². The molecule has 2 aromatic carbocycles. The number of nitrogens with one attached hydrogen (secondary N) is 2. The SMILES string of the molecule is C[C@H]1CC2CC(S(=O)(=O)c3cc(C(=O)Nc4ccc(F)c(F)c4)ccc3Cl)CC1[C@@]2(O)CNC(=O)c1nccs1. The van der Waals surface area contributed by atoms with Crippen LogP contribution in [-0.4, -0.2) is 47.7 Å². The predicted molar refractivity (Wildman–Crippen MR) is 146 cm³/mol. The van der Waals surface area contributed by atoms with Crippen LogP contribution in [0.15, 0.2) is 52.9 Å². The van der Waals surface area contributed by atoms with Gasteiger partial charge in [0.1, 0.15) is 0 Å². The van der Waals surface area contributed by atoms with Gasteiger partial charge in [0.05, 0.1) is 20.8 Å². The van der Waals surface area contributed by atoms with Gasteiger partial charge in [0, 0.05) is 35.4 Å². The second-order valence-electron chi connectivity index (χ2n) is 10.4. The molecule has 0 spiro atoms. The highest BCUT2D eigenvalue weighted by molar-refractivity contribution is 7.92. The second kappa shape index (κ2) is 10.8. The van der Waals surface area contributed by atoms with Gasteiger partial charge in [-0.15, -0.1) is 11.3 Å². The fourth-order valence-electron chi connectivity index (χ4n) is 6.03. The number of anilines is 1. The maximum Gasteiger partial charge on any atom is 0.280 e. The van der Waals surface area contributed by atoms with Crippen LogP contribution in [0.2, 0.25) is 5.02 Å². The van der Waals surface area contributed by atoms with Gasteiger partial charge in [-0.1, -0.05) is 18.5 Å². The van der Waals surface area contributed by atoms with Gasteiger partial charge in [0.15, 0.2) is 26.5 Å². The van der Waals surface area contributed by atoms with Gasteiger partial charge < -0.3 is 15.7 Å². The van der Waals surface area contributed by atoms with Gasteiger partial charge in [0.25, 0.3) is 11.8 Å². The number of fused-ring (bicyclic) bond motifs is 2. The van der Waals surface area contributed by atoms with Crippen molar-refractivity contribution in [2.75, 3.05) is 11.9 Å². The zero-order chi connectivity index (χ0) is 28.8. The van der Waals surface area contributed by atoms with Gasteiger partial charge >= 0.3 is 0 Å². The minimum Gasteiger partial charge on any atom is -0.387 e. The molecule has 2 fully saturated rings. The van der Waals surface area contributed by atoms with Crippen molar-refractivity contribution in [3.8, 4) is 0 Å². The summed E-state index contributed by atoms with van der Waals surface area (Å²) in [6.07, 6.45) is 2.44. The lowest BCUT2D eigenvalue weighted by atomic mass is 9.73. The number of aromatic nitrogens is 1. The topological polar surface area (TPSA) is 125 Å². The Hall–Kier alpha value is -2.93. The van der Waals surface area contributed by atoms with E-state index in [1.165, 1.54) is 41.8 Å². The first-order valence-electron chi connectivity index (χ1n) is 12.6. The number of thiazole rings is 1. The molecule has 13 heteroatoms. The van der Waals surface area contributed by atoms with Crippen LogP contribution in [-0.2, 0) is 9.84 Å².